The Hall–Kier alpha value is -2.60. The van der Waals surface area contributed by atoms with Crippen LogP contribution in [0.5, 0.6) is 0 Å². The van der Waals surface area contributed by atoms with Crippen molar-refractivity contribution in [3.63, 3.8) is 0 Å². The maximum Gasteiger partial charge on any atom is 0.257 e. The van der Waals surface area contributed by atoms with Crippen molar-refractivity contribution >= 4 is 22.4 Å². The highest BCUT2D eigenvalue weighted by Crippen LogP contribution is 2.25. The Bertz CT molecular complexity index is 712. The van der Waals surface area contributed by atoms with Crippen LogP contribution in [0.1, 0.15) is 10.4 Å². The van der Waals surface area contributed by atoms with E-state index in [0.717, 1.165) is 10.6 Å². The summed E-state index contributed by atoms with van der Waals surface area (Å²) in [6, 6.07) is 12.7. The average Bonchev–Trinajstić information content (AvgIpc) is 2.97. The lowest BCUT2D eigenvalue weighted by atomic mass is 10.2. The van der Waals surface area contributed by atoms with E-state index in [1.807, 2.05) is 30.3 Å². The molecule has 2 heterocycles. The Labute approximate surface area is 119 Å². The van der Waals surface area contributed by atoms with Crippen molar-refractivity contribution in [1.82, 2.24) is 15.2 Å². The van der Waals surface area contributed by atoms with Gasteiger partial charge in [-0.3, -0.25) is 15.1 Å². The lowest BCUT2D eigenvalue weighted by Crippen LogP contribution is -2.11. The molecule has 0 unspecified atom stereocenters. The van der Waals surface area contributed by atoms with Gasteiger partial charge in [-0.05, 0) is 24.3 Å². The standard InChI is InChI=1S/C14H10N4OS/c19-12(10-5-2-1-3-6-10)16-14-18-17-13(20-14)11-7-4-8-15-9-11/h1-9H,(H,16,18,19). The molecule has 0 atom stereocenters. The molecule has 0 saturated carbocycles. The molecule has 20 heavy (non-hydrogen) atoms. The molecule has 0 radical (unpaired) electrons. The SMILES string of the molecule is O=C(Nc1nnc(-c2cccnc2)s1)c1ccccc1. The average molecular weight is 282 g/mol. The molecule has 1 amide bonds. The second kappa shape index (κ2) is 5.58. The lowest BCUT2D eigenvalue weighted by Gasteiger charge is -1.99. The topological polar surface area (TPSA) is 67.8 Å². The zero-order chi connectivity index (χ0) is 13.8. The predicted molar refractivity (Wildman–Crippen MR) is 77.5 cm³/mol. The van der Waals surface area contributed by atoms with Gasteiger partial charge in [-0.25, -0.2) is 0 Å². The number of amides is 1. The van der Waals surface area contributed by atoms with Crippen molar-refractivity contribution in [3.05, 3.63) is 60.4 Å². The zero-order valence-electron chi connectivity index (χ0n) is 10.4. The smallest absolute Gasteiger partial charge is 0.257 e. The molecule has 1 N–H and O–H groups in total. The minimum atomic E-state index is -0.195. The van der Waals surface area contributed by atoms with Gasteiger partial charge in [0, 0.05) is 23.5 Å². The normalized spacial score (nSPS) is 10.2. The molecule has 3 rings (SSSR count). The van der Waals surface area contributed by atoms with Gasteiger partial charge in [0.05, 0.1) is 0 Å². The third-order valence-corrected chi connectivity index (χ3v) is 3.48. The highest BCUT2D eigenvalue weighted by Gasteiger charge is 2.10. The van der Waals surface area contributed by atoms with E-state index in [1.165, 1.54) is 11.3 Å². The molecule has 5 nitrogen and oxygen atoms in total. The van der Waals surface area contributed by atoms with Crippen LogP contribution in [0.15, 0.2) is 54.9 Å². The predicted octanol–water partition coefficient (Wildman–Crippen LogP) is 2.85. The van der Waals surface area contributed by atoms with Crippen LogP contribution in [0.25, 0.3) is 10.6 Å². The third-order valence-electron chi connectivity index (χ3n) is 2.59. The molecule has 0 fully saturated rings. The number of anilines is 1. The van der Waals surface area contributed by atoms with E-state index < -0.39 is 0 Å². The van der Waals surface area contributed by atoms with E-state index in [-0.39, 0.29) is 5.91 Å². The van der Waals surface area contributed by atoms with Gasteiger partial charge in [0.2, 0.25) is 5.13 Å². The van der Waals surface area contributed by atoms with Gasteiger partial charge in [0.1, 0.15) is 0 Å². The molecule has 0 aliphatic heterocycles. The highest BCUT2D eigenvalue weighted by molar-refractivity contribution is 7.18. The Morgan fingerprint density at radius 2 is 1.90 bits per heavy atom. The van der Waals surface area contributed by atoms with Crippen LogP contribution < -0.4 is 5.32 Å². The van der Waals surface area contributed by atoms with E-state index in [9.17, 15) is 4.79 Å². The molecule has 0 spiro atoms. The van der Waals surface area contributed by atoms with Gasteiger partial charge in [-0.2, -0.15) is 0 Å². The van der Waals surface area contributed by atoms with Crippen LogP contribution in [0.3, 0.4) is 0 Å². The summed E-state index contributed by atoms with van der Waals surface area (Å²) in [6.07, 6.45) is 3.41. The van der Waals surface area contributed by atoms with E-state index in [2.05, 4.69) is 20.5 Å². The van der Waals surface area contributed by atoms with Crippen molar-refractivity contribution in [2.24, 2.45) is 0 Å². The van der Waals surface area contributed by atoms with Gasteiger partial charge in [-0.1, -0.05) is 29.5 Å². The number of hydrogen-bond acceptors (Lipinski definition) is 5. The molecule has 1 aromatic carbocycles. The maximum absolute atomic E-state index is 12.0. The van der Waals surface area contributed by atoms with Gasteiger partial charge in [0.25, 0.3) is 5.91 Å². The molecule has 0 aliphatic carbocycles. The Morgan fingerprint density at radius 1 is 1.05 bits per heavy atom. The number of hydrogen-bond donors (Lipinski definition) is 1. The van der Waals surface area contributed by atoms with Gasteiger partial charge >= 0.3 is 0 Å². The molecule has 6 heteroatoms. The molecular weight excluding hydrogens is 272 g/mol. The van der Waals surface area contributed by atoms with E-state index in [0.29, 0.717) is 10.7 Å². The van der Waals surface area contributed by atoms with Crippen LogP contribution in [-0.2, 0) is 0 Å². The van der Waals surface area contributed by atoms with E-state index in [4.69, 9.17) is 0 Å². The molecule has 2 aromatic heterocycles. The fraction of sp³-hybridized carbons (Fsp3) is 0. The third kappa shape index (κ3) is 2.70. The number of carbonyl (C=O) groups excluding carboxylic acids is 1. The second-order valence-electron chi connectivity index (χ2n) is 3.97. The molecule has 3 aromatic rings. The Morgan fingerprint density at radius 3 is 2.65 bits per heavy atom. The quantitative estimate of drug-likeness (QED) is 0.802. The second-order valence-corrected chi connectivity index (χ2v) is 4.95. The molecule has 0 bridgehead atoms. The first-order valence-electron chi connectivity index (χ1n) is 5.93. The number of nitrogens with zero attached hydrogens (tertiary/aromatic N) is 3. The lowest BCUT2D eigenvalue weighted by molar-refractivity contribution is 0.102. The fourth-order valence-electron chi connectivity index (χ4n) is 1.64. The number of pyridine rings is 1. The fourth-order valence-corrected chi connectivity index (χ4v) is 2.37. The minimum Gasteiger partial charge on any atom is -0.296 e. The van der Waals surface area contributed by atoms with E-state index in [1.54, 1.807) is 24.5 Å². The Kier molecular flexibility index (Phi) is 3.47. The monoisotopic (exact) mass is 282 g/mol. The molecule has 98 valence electrons. The first kappa shape index (κ1) is 12.4. The summed E-state index contributed by atoms with van der Waals surface area (Å²) in [6.45, 7) is 0. The Balaban J connectivity index is 1.77. The first-order chi connectivity index (χ1) is 9.83. The summed E-state index contributed by atoms with van der Waals surface area (Å²) < 4.78 is 0. The number of nitrogens with one attached hydrogen (secondary N) is 1. The summed E-state index contributed by atoms with van der Waals surface area (Å²) in [5.74, 6) is -0.195. The maximum atomic E-state index is 12.0. The molecule has 0 saturated heterocycles. The number of benzene rings is 1. The minimum absolute atomic E-state index is 0.195. The summed E-state index contributed by atoms with van der Waals surface area (Å²) in [5.41, 5.74) is 1.47. The van der Waals surface area contributed by atoms with Crippen molar-refractivity contribution in [2.75, 3.05) is 5.32 Å². The molecule has 0 aliphatic rings. The van der Waals surface area contributed by atoms with Gasteiger partial charge in [-0.15, -0.1) is 10.2 Å². The molecular formula is C14H10N4OS. The van der Waals surface area contributed by atoms with Gasteiger partial charge < -0.3 is 0 Å². The number of aromatic nitrogens is 3. The van der Waals surface area contributed by atoms with Crippen molar-refractivity contribution in [3.8, 4) is 10.6 Å². The summed E-state index contributed by atoms with van der Waals surface area (Å²) in [4.78, 5) is 16.0. The van der Waals surface area contributed by atoms with Crippen LogP contribution >= 0.6 is 11.3 Å². The zero-order valence-corrected chi connectivity index (χ0v) is 11.2. The van der Waals surface area contributed by atoms with Crippen LogP contribution in [0, 0.1) is 0 Å². The summed E-state index contributed by atoms with van der Waals surface area (Å²) in [5, 5.41) is 11.9. The van der Waals surface area contributed by atoms with E-state index >= 15 is 0 Å². The largest absolute Gasteiger partial charge is 0.296 e. The highest BCUT2D eigenvalue weighted by atomic mass is 32.1. The number of rotatable bonds is 3. The summed E-state index contributed by atoms with van der Waals surface area (Å²) in [7, 11) is 0. The van der Waals surface area contributed by atoms with Gasteiger partial charge in [0.15, 0.2) is 5.01 Å². The van der Waals surface area contributed by atoms with Crippen LogP contribution in [0.4, 0.5) is 5.13 Å². The van der Waals surface area contributed by atoms with Crippen molar-refractivity contribution < 1.29 is 4.79 Å². The van der Waals surface area contributed by atoms with Crippen molar-refractivity contribution in [1.29, 1.82) is 0 Å². The number of carbonyl (C=O) groups is 1. The van der Waals surface area contributed by atoms with Crippen LogP contribution in [-0.4, -0.2) is 21.1 Å². The first-order valence-corrected chi connectivity index (χ1v) is 6.75. The summed E-state index contributed by atoms with van der Waals surface area (Å²) >= 11 is 1.31. The van der Waals surface area contributed by atoms with Crippen molar-refractivity contribution in [2.45, 2.75) is 0 Å². The van der Waals surface area contributed by atoms with Crippen LogP contribution in [0.2, 0.25) is 0 Å².